The molecule has 0 atom stereocenters. The maximum Gasteiger partial charge on any atom is 0.205 e. The average molecular weight is 338 g/mol. The molecule has 0 aliphatic carbocycles. The summed E-state index contributed by atoms with van der Waals surface area (Å²) in [6.45, 7) is 1.95. The van der Waals surface area contributed by atoms with E-state index in [9.17, 15) is 9.18 Å². The van der Waals surface area contributed by atoms with E-state index < -0.39 is 0 Å². The van der Waals surface area contributed by atoms with E-state index in [-0.39, 0.29) is 11.6 Å². The lowest BCUT2D eigenvalue weighted by Crippen LogP contribution is -1.96. The number of rotatable bonds is 2. The number of aryl methyl sites for hydroxylation is 1. The lowest BCUT2D eigenvalue weighted by molar-refractivity contribution is 0.104. The highest BCUT2D eigenvalue weighted by molar-refractivity contribution is 9.11. The van der Waals surface area contributed by atoms with Crippen LogP contribution in [-0.2, 0) is 0 Å². The van der Waals surface area contributed by atoms with Gasteiger partial charge in [-0.15, -0.1) is 11.3 Å². The molecular weight excluding hydrogens is 329 g/mol. The van der Waals surface area contributed by atoms with Crippen LogP contribution in [0.25, 0.3) is 10.9 Å². The second-order valence-corrected chi connectivity index (χ2v) is 6.66. The molecular formula is C14H9BrFNOS. The van der Waals surface area contributed by atoms with E-state index in [1.54, 1.807) is 12.3 Å². The zero-order valence-electron chi connectivity index (χ0n) is 9.96. The first-order valence-electron chi connectivity index (χ1n) is 5.63. The highest BCUT2D eigenvalue weighted by Gasteiger charge is 2.17. The number of benzene rings is 1. The quantitative estimate of drug-likeness (QED) is 0.677. The summed E-state index contributed by atoms with van der Waals surface area (Å²) in [7, 11) is 0. The summed E-state index contributed by atoms with van der Waals surface area (Å²) in [6, 6.07) is 6.24. The number of aromatic nitrogens is 1. The molecule has 0 saturated heterocycles. The van der Waals surface area contributed by atoms with Gasteiger partial charge in [0, 0.05) is 22.7 Å². The lowest BCUT2D eigenvalue weighted by Gasteiger charge is -1.96. The van der Waals surface area contributed by atoms with E-state index in [1.807, 2.05) is 13.0 Å². The predicted molar refractivity (Wildman–Crippen MR) is 78.4 cm³/mol. The average Bonchev–Trinajstić information content (AvgIpc) is 2.93. The lowest BCUT2D eigenvalue weighted by atomic mass is 10.1. The van der Waals surface area contributed by atoms with Gasteiger partial charge in [-0.2, -0.15) is 0 Å². The van der Waals surface area contributed by atoms with Crippen molar-refractivity contribution in [1.82, 2.24) is 4.98 Å². The number of hydrogen-bond donors (Lipinski definition) is 1. The number of carbonyl (C=O) groups is 1. The SMILES string of the molecule is Cc1cc(C(=O)c2c[nH]c3cc(F)ccc23)sc1Br. The Morgan fingerprint density at radius 2 is 2.16 bits per heavy atom. The maximum atomic E-state index is 13.1. The number of halogens is 2. The van der Waals surface area contributed by atoms with Crippen molar-refractivity contribution < 1.29 is 9.18 Å². The Balaban J connectivity index is 2.11. The molecule has 2 aromatic heterocycles. The van der Waals surface area contributed by atoms with Crippen LogP contribution in [0.3, 0.4) is 0 Å². The molecule has 96 valence electrons. The van der Waals surface area contributed by atoms with E-state index >= 15 is 0 Å². The van der Waals surface area contributed by atoms with Gasteiger partial charge in [0.1, 0.15) is 5.82 Å². The summed E-state index contributed by atoms with van der Waals surface area (Å²) >= 11 is 4.83. The highest BCUT2D eigenvalue weighted by atomic mass is 79.9. The number of aromatic amines is 1. The smallest absolute Gasteiger partial charge is 0.205 e. The van der Waals surface area contributed by atoms with Crippen LogP contribution in [0, 0.1) is 12.7 Å². The van der Waals surface area contributed by atoms with Gasteiger partial charge >= 0.3 is 0 Å². The van der Waals surface area contributed by atoms with Crippen LogP contribution in [0.15, 0.2) is 34.2 Å². The first-order chi connectivity index (χ1) is 9.06. The van der Waals surface area contributed by atoms with Crippen LogP contribution in [0.5, 0.6) is 0 Å². The Labute approximate surface area is 121 Å². The van der Waals surface area contributed by atoms with Crippen molar-refractivity contribution in [2.24, 2.45) is 0 Å². The van der Waals surface area contributed by atoms with E-state index in [0.29, 0.717) is 16.0 Å². The van der Waals surface area contributed by atoms with Gasteiger partial charge in [-0.1, -0.05) is 0 Å². The molecule has 2 heterocycles. The van der Waals surface area contributed by atoms with Crippen LogP contribution in [0.4, 0.5) is 4.39 Å². The van der Waals surface area contributed by atoms with E-state index in [2.05, 4.69) is 20.9 Å². The topological polar surface area (TPSA) is 32.9 Å². The number of nitrogens with one attached hydrogen (secondary N) is 1. The first-order valence-corrected chi connectivity index (χ1v) is 7.24. The van der Waals surface area contributed by atoms with Crippen molar-refractivity contribution in [2.45, 2.75) is 6.92 Å². The minimum absolute atomic E-state index is 0.0448. The zero-order valence-corrected chi connectivity index (χ0v) is 12.4. The maximum absolute atomic E-state index is 13.1. The third-order valence-electron chi connectivity index (χ3n) is 2.97. The number of H-pyrrole nitrogens is 1. The fourth-order valence-corrected chi connectivity index (χ4v) is 3.48. The molecule has 0 amide bonds. The minimum atomic E-state index is -0.317. The van der Waals surface area contributed by atoms with Crippen molar-refractivity contribution in [3.63, 3.8) is 0 Å². The predicted octanol–water partition coefficient (Wildman–Crippen LogP) is 4.67. The van der Waals surface area contributed by atoms with Gasteiger partial charge in [0.2, 0.25) is 5.78 Å². The van der Waals surface area contributed by atoms with Crippen molar-refractivity contribution in [3.05, 3.63) is 56.1 Å². The molecule has 3 aromatic rings. The standard InChI is InChI=1S/C14H9BrFNOS/c1-7-4-12(19-14(7)15)13(18)10-6-17-11-5-8(16)2-3-9(10)11/h2-6,17H,1H3. The third kappa shape index (κ3) is 2.13. The van der Waals surface area contributed by atoms with Gasteiger partial charge in [-0.3, -0.25) is 4.79 Å². The zero-order chi connectivity index (χ0) is 13.6. The van der Waals surface area contributed by atoms with Gasteiger partial charge < -0.3 is 4.98 Å². The van der Waals surface area contributed by atoms with Crippen molar-refractivity contribution >= 4 is 44.0 Å². The molecule has 0 radical (unpaired) electrons. The van der Waals surface area contributed by atoms with Crippen LogP contribution < -0.4 is 0 Å². The van der Waals surface area contributed by atoms with Gasteiger partial charge in [-0.25, -0.2) is 4.39 Å². The molecule has 1 aromatic carbocycles. The van der Waals surface area contributed by atoms with Gasteiger partial charge in [0.15, 0.2) is 0 Å². The largest absolute Gasteiger partial charge is 0.360 e. The normalized spacial score (nSPS) is 11.1. The molecule has 5 heteroatoms. The Kier molecular flexibility index (Phi) is 3.03. The van der Waals surface area contributed by atoms with Crippen molar-refractivity contribution in [1.29, 1.82) is 0 Å². The molecule has 0 bridgehead atoms. The summed E-state index contributed by atoms with van der Waals surface area (Å²) in [5.74, 6) is -0.361. The molecule has 1 N–H and O–H groups in total. The molecule has 0 fully saturated rings. The highest BCUT2D eigenvalue weighted by Crippen LogP contribution is 2.30. The minimum Gasteiger partial charge on any atom is -0.360 e. The Bertz CT molecular complexity index is 770. The fraction of sp³-hybridized carbons (Fsp3) is 0.0714. The van der Waals surface area contributed by atoms with Crippen molar-refractivity contribution in [3.8, 4) is 0 Å². The third-order valence-corrected chi connectivity index (χ3v) is 5.10. The van der Waals surface area contributed by atoms with Crippen LogP contribution in [0.2, 0.25) is 0 Å². The molecule has 3 rings (SSSR count). The summed E-state index contributed by atoms with van der Waals surface area (Å²) in [6.07, 6.45) is 1.63. The second kappa shape index (κ2) is 4.58. The Hall–Kier alpha value is -1.46. The molecule has 0 unspecified atom stereocenters. The van der Waals surface area contributed by atoms with E-state index in [4.69, 9.17) is 0 Å². The monoisotopic (exact) mass is 337 g/mol. The molecule has 0 saturated carbocycles. The van der Waals surface area contributed by atoms with Gasteiger partial charge in [0.25, 0.3) is 0 Å². The fourth-order valence-electron chi connectivity index (χ4n) is 1.99. The summed E-state index contributed by atoms with van der Waals surface area (Å²) in [5.41, 5.74) is 2.25. The Morgan fingerprint density at radius 3 is 2.84 bits per heavy atom. The number of fused-ring (bicyclic) bond motifs is 1. The van der Waals surface area contributed by atoms with E-state index in [0.717, 1.165) is 14.7 Å². The molecule has 0 spiro atoms. The number of carbonyl (C=O) groups excluding carboxylic acids is 1. The molecule has 0 aliphatic rings. The second-order valence-electron chi connectivity index (χ2n) is 4.29. The Morgan fingerprint density at radius 1 is 1.37 bits per heavy atom. The van der Waals surface area contributed by atoms with Crippen LogP contribution in [0.1, 0.15) is 20.8 Å². The van der Waals surface area contributed by atoms with Crippen LogP contribution >= 0.6 is 27.3 Å². The van der Waals surface area contributed by atoms with Gasteiger partial charge in [-0.05, 0) is 52.7 Å². The number of thiophene rings is 1. The van der Waals surface area contributed by atoms with Crippen LogP contribution in [-0.4, -0.2) is 10.8 Å². The summed E-state index contributed by atoms with van der Waals surface area (Å²) < 4.78 is 14.1. The van der Waals surface area contributed by atoms with E-state index in [1.165, 1.54) is 23.5 Å². The summed E-state index contributed by atoms with van der Waals surface area (Å²) in [4.78, 5) is 16.1. The number of hydrogen-bond acceptors (Lipinski definition) is 2. The number of ketones is 1. The molecule has 19 heavy (non-hydrogen) atoms. The molecule has 0 aliphatic heterocycles. The first kappa shape index (κ1) is 12.6. The molecule has 2 nitrogen and oxygen atoms in total. The van der Waals surface area contributed by atoms with Crippen molar-refractivity contribution in [2.75, 3.05) is 0 Å². The summed E-state index contributed by atoms with van der Waals surface area (Å²) in [5, 5.41) is 0.744. The van der Waals surface area contributed by atoms with Gasteiger partial charge in [0.05, 0.1) is 8.66 Å².